The Kier molecular flexibility index (Phi) is 6.64. The smallest absolute Gasteiger partial charge is 0.230 e. The van der Waals surface area contributed by atoms with E-state index in [9.17, 15) is 9.90 Å². The van der Waals surface area contributed by atoms with Crippen LogP contribution in [0.2, 0.25) is 0 Å². The molecule has 0 aliphatic rings. The van der Waals surface area contributed by atoms with Crippen molar-refractivity contribution >= 4 is 17.7 Å². The molecule has 0 saturated carbocycles. The van der Waals surface area contributed by atoms with Gasteiger partial charge in [0.2, 0.25) is 5.91 Å². The van der Waals surface area contributed by atoms with E-state index in [0.29, 0.717) is 24.1 Å². The lowest BCUT2D eigenvalue weighted by molar-refractivity contribution is -0.118. The van der Waals surface area contributed by atoms with Gasteiger partial charge in [-0.15, -0.1) is 10.2 Å². The molecule has 1 amide bonds. The molecule has 0 aliphatic carbocycles. The summed E-state index contributed by atoms with van der Waals surface area (Å²) in [6.07, 6.45) is 0. The van der Waals surface area contributed by atoms with Gasteiger partial charge in [0, 0.05) is 12.1 Å². The second-order valence-electron chi connectivity index (χ2n) is 6.98. The minimum Gasteiger partial charge on any atom is -0.508 e. The molecule has 31 heavy (non-hydrogen) atoms. The molecule has 6 nitrogen and oxygen atoms in total. The van der Waals surface area contributed by atoms with Crippen LogP contribution in [0, 0.1) is 0 Å². The van der Waals surface area contributed by atoms with Gasteiger partial charge in [0.25, 0.3) is 0 Å². The van der Waals surface area contributed by atoms with Gasteiger partial charge in [0.1, 0.15) is 5.75 Å². The van der Waals surface area contributed by atoms with Crippen molar-refractivity contribution in [3.8, 4) is 17.1 Å². The lowest BCUT2D eigenvalue weighted by Gasteiger charge is -2.11. The lowest BCUT2D eigenvalue weighted by Crippen LogP contribution is -2.24. The van der Waals surface area contributed by atoms with Crippen molar-refractivity contribution in [1.82, 2.24) is 20.1 Å². The van der Waals surface area contributed by atoms with E-state index in [1.165, 1.54) is 11.8 Å². The number of amides is 1. The van der Waals surface area contributed by atoms with Crippen LogP contribution in [0.1, 0.15) is 11.1 Å². The highest BCUT2D eigenvalue weighted by molar-refractivity contribution is 7.99. The van der Waals surface area contributed by atoms with Crippen LogP contribution < -0.4 is 5.32 Å². The molecule has 156 valence electrons. The molecule has 4 aromatic rings. The van der Waals surface area contributed by atoms with Gasteiger partial charge in [-0.25, -0.2) is 0 Å². The Morgan fingerprint density at radius 1 is 0.871 bits per heavy atom. The number of carbonyl (C=O) groups is 1. The van der Waals surface area contributed by atoms with Gasteiger partial charge >= 0.3 is 0 Å². The number of rotatable bonds is 8. The van der Waals surface area contributed by atoms with Gasteiger partial charge in [-0.05, 0) is 35.4 Å². The maximum atomic E-state index is 12.4. The molecule has 4 rings (SSSR count). The molecule has 0 saturated heterocycles. The van der Waals surface area contributed by atoms with E-state index in [-0.39, 0.29) is 17.4 Å². The highest BCUT2D eigenvalue weighted by Gasteiger charge is 2.16. The molecule has 0 fully saturated rings. The summed E-state index contributed by atoms with van der Waals surface area (Å²) in [6.45, 7) is 1.08. The summed E-state index contributed by atoms with van der Waals surface area (Å²) in [7, 11) is 0. The largest absolute Gasteiger partial charge is 0.508 e. The SMILES string of the molecule is O=C(CSc1nnc(-c2ccc(O)cc2)n1Cc1ccccc1)NCc1ccccc1. The van der Waals surface area contributed by atoms with Crippen molar-refractivity contribution < 1.29 is 9.90 Å². The van der Waals surface area contributed by atoms with Gasteiger partial charge in [0.15, 0.2) is 11.0 Å². The molecule has 1 aromatic heterocycles. The molecule has 0 atom stereocenters. The number of thioether (sulfide) groups is 1. The fourth-order valence-electron chi connectivity index (χ4n) is 3.11. The van der Waals surface area contributed by atoms with Crippen molar-refractivity contribution in [2.24, 2.45) is 0 Å². The fourth-order valence-corrected chi connectivity index (χ4v) is 3.87. The summed E-state index contributed by atoms with van der Waals surface area (Å²) < 4.78 is 2.00. The lowest BCUT2D eigenvalue weighted by atomic mass is 10.2. The molecule has 3 aromatic carbocycles. The predicted molar refractivity (Wildman–Crippen MR) is 122 cm³/mol. The molecular weight excluding hydrogens is 408 g/mol. The molecular formula is C24H22N4O2S. The molecule has 1 heterocycles. The minimum atomic E-state index is -0.0608. The van der Waals surface area contributed by atoms with Gasteiger partial charge in [-0.2, -0.15) is 0 Å². The number of aromatic nitrogens is 3. The first-order chi connectivity index (χ1) is 15.2. The Hall–Kier alpha value is -3.58. The predicted octanol–water partition coefficient (Wildman–Crippen LogP) is 4.11. The Morgan fingerprint density at radius 2 is 1.52 bits per heavy atom. The van der Waals surface area contributed by atoms with E-state index >= 15 is 0 Å². The van der Waals surface area contributed by atoms with Gasteiger partial charge < -0.3 is 10.4 Å². The number of phenolic OH excluding ortho intramolecular Hbond substituents is 1. The number of hydrogen-bond acceptors (Lipinski definition) is 5. The standard InChI is InChI=1S/C24H22N4O2S/c29-21-13-11-20(12-14-21)23-26-27-24(28(23)16-19-9-5-2-6-10-19)31-17-22(30)25-15-18-7-3-1-4-8-18/h1-14,29H,15-17H2,(H,25,30). The zero-order valence-electron chi connectivity index (χ0n) is 16.8. The number of benzene rings is 3. The summed E-state index contributed by atoms with van der Waals surface area (Å²) in [5, 5.41) is 21.9. The van der Waals surface area contributed by atoms with Gasteiger partial charge in [-0.3, -0.25) is 9.36 Å². The third kappa shape index (κ3) is 5.52. The highest BCUT2D eigenvalue weighted by atomic mass is 32.2. The number of aromatic hydroxyl groups is 1. The van der Waals surface area contributed by atoms with Gasteiger partial charge in [-0.1, -0.05) is 72.4 Å². The van der Waals surface area contributed by atoms with Crippen LogP contribution in [-0.2, 0) is 17.9 Å². The number of nitrogens with one attached hydrogen (secondary N) is 1. The third-order valence-electron chi connectivity index (χ3n) is 4.69. The minimum absolute atomic E-state index is 0.0608. The van der Waals surface area contributed by atoms with Crippen molar-refractivity contribution in [2.45, 2.75) is 18.2 Å². The van der Waals surface area contributed by atoms with E-state index < -0.39 is 0 Å². The average molecular weight is 431 g/mol. The molecule has 0 unspecified atom stereocenters. The normalized spacial score (nSPS) is 10.7. The maximum Gasteiger partial charge on any atom is 0.230 e. The second-order valence-corrected chi connectivity index (χ2v) is 7.92. The molecule has 0 spiro atoms. The molecule has 0 bridgehead atoms. The first kappa shape index (κ1) is 20.7. The molecule has 7 heteroatoms. The van der Waals surface area contributed by atoms with Crippen LogP contribution in [0.5, 0.6) is 5.75 Å². The second kappa shape index (κ2) is 9.95. The van der Waals surface area contributed by atoms with Crippen LogP contribution in [0.15, 0.2) is 90.1 Å². The summed E-state index contributed by atoms with van der Waals surface area (Å²) in [5.74, 6) is 1.07. The van der Waals surface area contributed by atoms with Crippen LogP contribution in [0.3, 0.4) is 0 Å². The van der Waals surface area contributed by atoms with E-state index in [1.807, 2.05) is 77.4 Å². The fraction of sp³-hybridized carbons (Fsp3) is 0.125. The number of nitrogens with zero attached hydrogens (tertiary/aromatic N) is 3. The Bertz CT molecular complexity index is 1130. The summed E-state index contributed by atoms with van der Waals surface area (Å²) in [5.41, 5.74) is 3.02. The molecule has 0 aliphatic heterocycles. The first-order valence-corrected chi connectivity index (χ1v) is 10.9. The zero-order valence-corrected chi connectivity index (χ0v) is 17.6. The van der Waals surface area contributed by atoms with Crippen LogP contribution >= 0.6 is 11.8 Å². The Morgan fingerprint density at radius 3 is 2.19 bits per heavy atom. The monoisotopic (exact) mass is 430 g/mol. The zero-order chi connectivity index (χ0) is 21.5. The maximum absolute atomic E-state index is 12.4. The van der Waals surface area contributed by atoms with Crippen LogP contribution in [-0.4, -0.2) is 31.5 Å². The summed E-state index contributed by atoms with van der Waals surface area (Å²) >= 11 is 1.36. The molecule has 0 radical (unpaired) electrons. The van der Waals surface area contributed by atoms with Crippen molar-refractivity contribution in [1.29, 1.82) is 0 Å². The topological polar surface area (TPSA) is 80.0 Å². The third-order valence-corrected chi connectivity index (χ3v) is 5.66. The quantitative estimate of drug-likeness (QED) is 0.411. The van der Waals surface area contributed by atoms with E-state index in [4.69, 9.17) is 0 Å². The average Bonchev–Trinajstić information content (AvgIpc) is 3.20. The Labute approximate surface area is 185 Å². The highest BCUT2D eigenvalue weighted by Crippen LogP contribution is 2.26. The number of carbonyl (C=O) groups excluding carboxylic acids is 1. The summed E-state index contributed by atoms with van der Waals surface area (Å²) in [4.78, 5) is 12.4. The van der Waals surface area contributed by atoms with Crippen molar-refractivity contribution in [2.75, 3.05) is 5.75 Å². The number of hydrogen-bond donors (Lipinski definition) is 2. The molecule has 2 N–H and O–H groups in total. The first-order valence-electron chi connectivity index (χ1n) is 9.89. The van der Waals surface area contributed by atoms with Gasteiger partial charge in [0.05, 0.1) is 12.3 Å². The Balaban J connectivity index is 1.49. The van der Waals surface area contributed by atoms with Crippen LogP contribution in [0.25, 0.3) is 11.4 Å². The summed E-state index contributed by atoms with van der Waals surface area (Å²) in [6, 6.07) is 26.7. The van der Waals surface area contributed by atoms with E-state index in [2.05, 4.69) is 15.5 Å². The van der Waals surface area contributed by atoms with E-state index in [0.717, 1.165) is 16.7 Å². The number of phenols is 1. The van der Waals surface area contributed by atoms with Crippen LogP contribution in [0.4, 0.5) is 0 Å². The van der Waals surface area contributed by atoms with Crippen molar-refractivity contribution in [3.05, 3.63) is 96.1 Å². The van der Waals surface area contributed by atoms with E-state index in [1.54, 1.807) is 12.1 Å². The van der Waals surface area contributed by atoms with Crippen molar-refractivity contribution in [3.63, 3.8) is 0 Å².